The van der Waals surface area contributed by atoms with Crippen molar-refractivity contribution in [1.29, 1.82) is 0 Å². The monoisotopic (exact) mass is 297 g/mol. The molecule has 0 fully saturated rings. The summed E-state index contributed by atoms with van der Waals surface area (Å²) in [5.41, 5.74) is 1.09. The van der Waals surface area contributed by atoms with E-state index >= 15 is 0 Å². The van der Waals surface area contributed by atoms with Crippen LogP contribution in [0.4, 0.5) is 0 Å². The molecule has 1 heterocycles. The van der Waals surface area contributed by atoms with Crippen molar-refractivity contribution in [2.45, 2.75) is 6.04 Å². The Balaban J connectivity index is 2.42. The van der Waals surface area contributed by atoms with Crippen molar-refractivity contribution in [2.75, 3.05) is 21.3 Å². The highest BCUT2D eigenvalue weighted by molar-refractivity contribution is 7.10. The largest absolute Gasteiger partial charge is 0.496 e. The van der Waals surface area contributed by atoms with E-state index in [0.29, 0.717) is 10.8 Å². The molecule has 1 unspecified atom stereocenters. The number of halogens is 1. The lowest BCUT2D eigenvalue weighted by molar-refractivity contribution is 0.407. The SMILES string of the molecule is CNC(c1ccc(Cl)c(OC)c1)c1sccc1OC. The van der Waals surface area contributed by atoms with Crippen LogP contribution >= 0.6 is 22.9 Å². The van der Waals surface area contributed by atoms with Crippen LogP contribution in [0.15, 0.2) is 29.6 Å². The first-order valence-corrected chi connectivity index (χ1v) is 7.09. The molecule has 0 bridgehead atoms. The van der Waals surface area contributed by atoms with E-state index in [2.05, 4.69) is 5.32 Å². The fourth-order valence-electron chi connectivity index (χ4n) is 1.99. The summed E-state index contributed by atoms with van der Waals surface area (Å²) in [5, 5.41) is 5.93. The van der Waals surface area contributed by atoms with E-state index in [1.807, 2.05) is 36.7 Å². The zero-order chi connectivity index (χ0) is 13.8. The normalized spacial score (nSPS) is 12.2. The van der Waals surface area contributed by atoms with Gasteiger partial charge in [0.25, 0.3) is 0 Å². The first-order chi connectivity index (χ1) is 9.21. The quantitative estimate of drug-likeness (QED) is 0.912. The second-order valence-corrected chi connectivity index (χ2v) is 5.32. The van der Waals surface area contributed by atoms with Gasteiger partial charge < -0.3 is 14.8 Å². The zero-order valence-electron chi connectivity index (χ0n) is 11.1. The molecule has 3 nitrogen and oxygen atoms in total. The molecular formula is C14H16ClNO2S. The minimum absolute atomic E-state index is 0.0566. The molecule has 2 aromatic rings. The van der Waals surface area contributed by atoms with E-state index in [1.54, 1.807) is 25.6 Å². The van der Waals surface area contributed by atoms with E-state index in [0.717, 1.165) is 16.2 Å². The van der Waals surface area contributed by atoms with Crippen molar-refractivity contribution in [2.24, 2.45) is 0 Å². The Hall–Kier alpha value is -1.23. The molecule has 0 spiro atoms. The molecule has 0 aliphatic heterocycles. The van der Waals surface area contributed by atoms with Gasteiger partial charge in [-0.05, 0) is 36.2 Å². The van der Waals surface area contributed by atoms with Gasteiger partial charge in [-0.2, -0.15) is 0 Å². The zero-order valence-corrected chi connectivity index (χ0v) is 12.6. The highest BCUT2D eigenvalue weighted by atomic mass is 35.5. The Morgan fingerprint density at radius 3 is 2.53 bits per heavy atom. The molecule has 102 valence electrons. The first kappa shape index (κ1) is 14.2. The molecule has 2 rings (SSSR count). The van der Waals surface area contributed by atoms with Crippen LogP contribution in [0.25, 0.3) is 0 Å². The number of thiophene rings is 1. The standard InChI is InChI=1S/C14H16ClNO2S/c1-16-13(14-11(17-2)6-7-19-14)9-4-5-10(15)12(8-9)18-3/h4-8,13,16H,1-3H3. The molecule has 0 saturated heterocycles. The molecule has 1 atom stereocenters. The Kier molecular flexibility index (Phi) is 4.69. The molecule has 0 radical (unpaired) electrons. The van der Waals surface area contributed by atoms with Crippen molar-refractivity contribution in [1.82, 2.24) is 5.32 Å². The van der Waals surface area contributed by atoms with E-state index in [9.17, 15) is 0 Å². The fraction of sp³-hybridized carbons (Fsp3) is 0.286. The van der Waals surface area contributed by atoms with Crippen molar-refractivity contribution < 1.29 is 9.47 Å². The predicted octanol–water partition coefficient (Wildman–Crippen LogP) is 3.73. The number of methoxy groups -OCH3 is 2. The molecular weight excluding hydrogens is 282 g/mol. The van der Waals surface area contributed by atoms with Gasteiger partial charge in [0.1, 0.15) is 11.5 Å². The van der Waals surface area contributed by atoms with E-state index < -0.39 is 0 Å². The average Bonchev–Trinajstić information content (AvgIpc) is 2.89. The Bertz CT molecular complexity index is 556. The molecule has 0 amide bonds. The van der Waals surface area contributed by atoms with Gasteiger partial charge in [0, 0.05) is 0 Å². The molecule has 0 aliphatic carbocycles. The summed E-state index contributed by atoms with van der Waals surface area (Å²) in [4.78, 5) is 1.13. The van der Waals surface area contributed by atoms with Crippen molar-refractivity contribution >= 4 is 22.9 Å². The van der Waals surface area contributed by atoms with Gasteiger partial charge in [0.05, 0.1) is 30.2 Å². The molecule has 5 heteroatoms. The molecule has 19 heavy (non-hydrogen) atoms. The topological polar surface area (TPSA) is 30.5 Å². The van der Waals surface area contributed by atoms with Gasteiger partial charge in [-0.1, -0.05) is 17.7 Å². The lowest BCUT2D eigenvalue weighted by Crippen LogP contribution is -2.17. The van der Waals surface area contributed by atoms with Crippen molar-refractivity contribution in [3.8, 4) is 11.5 Å². The minimum atomic E-state index is 0.0566. The summed E-state index contributed by atoms with van der Waals surface area (Å²) in [6.07, 6.45) is 0. The van der Waals surface area contributed by atoms with Gasteiger partial charge in [0.15, 0.2) is 0 Å². The van der Waals surface area contributed by atoms with Crippen LogP contribution in [0.2, 0.25) is 5.02 Å². The lowest BCUT2D eigenvalue weighted by atomic mass is 10.0. The Morgan fingerprint density at radius 2 is 1.89 bits per heavy atom. The molecule has 0 saturated carbocycles. The molecule has 1 N–H and O–H groups in total. The summed E-state index contributed by atoms with van der Waals surface area (Å²) in [6.45, 7) is 0. The smallest absolute Gasteiger partial charge is 0.137 e. The van der Waals surface area contributed by atoms with E-state index in [1.165, 1.54) is 0 Å². The van der Waals surface area contributed by atoms with Crippen LogP contribution in [0.3, 0.4) is 0 Å². The van der Waals surface area contributed by atoms with E-state index in [-0.39, 0.29) is 6.04 Å². The summed E-state index contributed by atoms with van der Waals surface area (Å²) < 4.78 is 10.6. The maximum absolute atomic E-state index is 6.06. The summed E-state index contributed by atoms with van der Waals surface area (Å²) in [6, 6.07) is 7.81. The average molecular weight is 298 g/mol. The van der Waals surface area contributed by atoms with Gasteiger partial charge in [-0.3, -0.25) is 0 Å². The lowest BCUT2D eigenvalue weighted by Gasteiger charge is -2.18. The molecule has 1 aromatic heterocycles. The van der Waals surface area contributed by atoms with Crippen molar-refractivity contribution in [3.05, 3.63) is 45.1 Å². The minimum Gasteiger partial charge on any atom is -0.496 e. The number of rotatable bonds is 5. The van der Waals surface area contributed by atoms with Gasteiger partial charge in [-0.25, -0.2) is 0 Å². The third kappa shape index (κ3) is 2.86. The summed E-state index contributed by atoms with van der Waals surface area (Å²) in [7, 11) is 5.22. The predicted molar refractivity (Wildman–Crippen MR) is 79.8 cm³/mol. The number of nitrogens with one attached hydrogen (secondary N) is 1. The Labute approximate surface area is 122 Å². The number of ether oxygens (including phenoxy) is 2. The highest BCUT2D eigenvalue weighted by Gasteiger charge is 2.19. The van der Waals surface area contributed by atoms with Gasteiger partial charge >= 0.3 is 0 Å². The van der Waals surface area contributed by atoms with Gasteiger partial charge in [0.2, 0.25) is 0 Å². The van der Waals surface area contributed by atoms with Crippen LogP contribution in [-0.2, 0) is 0 Å². The van der Waals surface area contributed by atoms with Crippen LogP contribution in [0, 0.1) is 0 Å². The van der Waals surface area contributed by atoms with Crippen LogP contribution in [0.5, 0.6) is 11.5 Å². The summed E-state index contributed by atoms with van der Waals surface area (Å²) >= 11 is 7.72. The van der Waals surface area contributed by atoms with Crippen LogP contribution in [-0.4, -0.2) is 21.3 Å². The Morgan fingerprint density at radius 1 is 1.16 bits per heavy atom. The highest BCUT2D eigenvalue weighted by Crippen LogP contribution is 2.36. The van der Waals surface area contributed by atoms with Crippen LogP contribution < -0.4 is 14.8 Å². The maximum atomic E-state index is 6.06. The van der Waals surface area contributed by atoms with Crippen molar-refractivity contribution in [3.63, 3.8) is 0 Å². The fourth-order valence-corrected chi connectivity index (χ4v) is 3.18. The number of hydrogen-bond acceptors (Lipinski definition) is 4. The van der Waals surface area contributed by atoms with Gasteiger partial charge in [-0.15, -0.1) is 11.3 Å². The second-order valence-electron chi connectivity index (χ2n) is 3.97. The third-order valence-electron chi connectivity index (χ3n) is 2.94. The first-order valence-electron chi connectivity index (χ1n) is 5.83. The summed E-state index contributed by atoms with van der Waals surface area (Å²) in [5.74, 6) is 1.56. The number of hydrogen-bond donors (Lipinski definition) is 1. The maximum Gasteiger partial charge on any atom is 0.137 e. The number of benzene rings is 1. The van der Waals surface area contributed by atoms with Crippen LogP contribution in [0.1, 0.15) is 16.5 Å². The second kappa shape index (κ2) is 6.28. The third-order valence-corrected chi connectivity index (χ3v) is 4.21. The van der Waals surface area contributed by atoms with E-state index in [4.69, 9.17) is 21.1 Å². The molecule has 1 aromatic carbocycles. The molecule has 0 aliphatic rings.